The van der Waals surface area contributed by atoms with Crippen molar-refractivity contribution < 1.29 is 13.2 Å². The number of fused-ring (bicyclic) bond motifs is 1. The molecule has 2 aromatic carbocycles. The Morgan fingerprint density at radius 3 is 2.67 bits per heavy atom. The van der Waals surface area contributed by atoms with Crippen LogP contribution >= 0.6 is 0 Å². The SMILES string of the molecule is CCCC(=O)Nc1nc2ccccc2n1CN(C)c1ccnc(Nc2cccc(CS(C)(=O)=O)c2)n1. The maximum atomic E-state index is 12.3. The van der Waals surface area contributed by atoms with E-state index in [1.807, 2.05) is 53.8 Å². The lowest BCUT2D eigenvalue weighted by atomic mass is 10.2. The summed E-state index contributed by atoms with van der Waals surface area (Å²) in [5.74, 6) is 1.40. The smallest absolute Gasteiger partial charge is 0.229 e. The average Bonchev–Trinajstić information content (AvgIpc) is 3.15. The number of carbonyl (C=O) groups excluding carboxylic acids is 1. The number of benzene rings is 2. The highest BCUT2D eigenvalue weighted by molar-refractivity contribution is 7.89. The predicted molar refractivity (Wildman–Crippen MR) is 142 cm³/mol. The number of nitrogens with zero attached hydrogens (tertiary/aromatic N) is 5. The number of anilines is 4. The molecule has 0 saturated heterocycles. The molecular formula is C25H29N7O3S. The molecule has 0 saturated carbocycles. The first-order valence-corrected chi connectivity index (χ1v) is 13.6. The van der Waals surface area contributed by atoms with E-state index in [0.717, 1.165) is 17.5 Å². The summed E-state index contributed by atoms with van der Waals surface area (Å²) in [5, 5.41) is 6.07. The Kier molecular flexibility index (Phi) is 7.49. The molecule has 2 N–H and O–H groups in total. The van der Waals surface area contributed by atoms with Gasteiger partial charge >= 0.3 is 0 Å². The predicted octanol–water partition coefficient (Wildman–Crippen LogP) is 3.95. The first kappa shape index (κ1) is 25.1. The van der Waals surface area contributed by atoms with Gasteiger partial charge < -0.3 is 10.2 Å². The molecule has 10 nitrogen and oxygen atoms in total. The fourth-order valence-corrected chi connectivity index (χ4v) is 4.59. The number of aromatic nitrogens is 4. The lowest BCUT2D eigenvalue weighted by Gasteiger charge is -2.21. The second-order valence-electron chi connectivity index (χ2n) is 8.62. The second kappa shape index (κ2) is 10.7. The molecule has 0 unspecified atom stereocenters. The van der Waals surface area contributed by atoms with Gasteiger partial charge in [-0.3, -0.25) is 14.7 Å². The molecule has 0 spiro atoms. The molecular weight excluding hydrogens is 478 g/mol. The van der Waals surface area contributed by atoms with E-state index in [-0.39, 0.29) is 11.7 Å². The van der Waals surface area contributed by atoms with Crippen molar-refractivity contribution in [2.45, 2.75) is 32.2 Å². The van der Waals surface area contributed by atoms with E-state index >= 15 is 0 Å². The summed E-state index contributed by atoms with van der Waals surface area (Å²) in [6.45, 7) is 2.35. The molecule has 0 aliphatic heterocycles. The number of para-hydroxylation sites is 2. The molecule has 4 aromatic rings. The van der Waals surface area contributed by atoms with Crippen molar-refractivity contribution in [2.24, 2.45) is 0 Å². The molecule has 188 valence electrons. The van der Waals surface area contributed by atoms with Crippen LogP contribution in [-0.2, 0) is 27.1 Å². The molecule has 2 aromatic heterocycles. The molecule has 4 rings (SSSR count). The van der Waals surface area contributed by atoms with Crippen LogP contribution in [0.1, 0.15) is 25.3 Å². The molecule has 0 fully saturated rings. The van der Waals surface area contributed by atoms with Gasteiger partial charge in [-0.2, -0.15) is 4.98 Å². The van der Waals surface area contributed by atoms with E-state index in [1.54, 1.807) is 30.5 Å². The van der Waals surface area contributed by atoms with E-state index in [1.165, 1.54) is 6.26 Å². The maximum absolute atomic E-state index is 12.3. The van der Waals surface area contributed by atoms with Crippen LogP contribution in [0.2, 0.25) is 0 Å². The van der Waals surface area contributed by atoms with E-state index in [0.29, 0.717) is 42.1 Å². The van der Waals surface area contributed by atoms with Gasteiger partial charge in [-0.05, 0) is 42.3 Å². The Morgan fingerprint density at radius 2 is 1.89 bits per heavy atom. The number of nitrogens with one attached hydrogen (secondary N) is 2. The zero-order chi connectivity index (χ0) is 25.7. The van der Waals surface area contributed by atoms with E-state index in [2.05, 4.69) is 25.6 Å². The van der Waals surface area contributed by atoms with E-state index in [9.17, 15) is 13.2 Å². The highest BCUT2D eigenvalue weighted by Gasteiger charge is 2.15. The normalized spacial score (nSPS) is 11.4. The van der Waals surface area contributed by atoms with Gasteiger partial charge in [-0.25, -0.2) is 18.4 Å². The summed E-state index contributed by atoms with van der Waals surface area (Å²) in [5.41, 5.74) is 3.06. The standard InChI is InChI=1S/C25H29N7O3S/c1-4-8-23(33)30-25-28-20-11-5-6-12-21(20)32(25)17-31(2)22-13-14-26-24(29-22)27-19-10-7-9-18(15-19)16-36(3,34)35/h5-7,9-15H,4,8,16-17H2,1-3H3,(H,26,27,29)(H,28,30,33). The number of amides is 1. The van der Waals surface area contributed by atoms with Crippen molar-refractivity contribution in [3.05, 3.63) is 66.4 Å². The Bertz CT molecular complexity index is 1480. The Hall–Kier alpha value is -3.99. The van der Waals surface area contributed by atoms with Crippen molar-refractivity contribution >= 4 is 50.2 Å². The lowest BCUT2D eigenvalue weighted by molar-refractivity contribution is -0.116. The quantitative estimate of drug-likeness (QED) is 0.331. The van der Waals surface area contributed by atoms with Crippen LogP contribution in [0.15, 0.2) is 60.8 Å². The third-order valence-electron chi connectivity index (χ3n) is 5.38. The second-order valence-corrected chi connectivity index (χ2v) is 10.8. The third kappa shape index (κ3) is 6.36. The van der Waals surface area contributed by atoms with Crippen molar-refractivity contribution in [1.29, 1.82) is 0 Å². The minimum Gasteiger partial charge on any atom is -0.341 e. The van der Waals surface area contributed by atoms with Gasteiger partial charge in [-0.1, -0.05) is 31.2 Å². The molecule has 2 heterocycles. The molecule has 0 bridgehead atoms. The average molecular weight is 508 g/mol. The van der Waals surface area contributed by atoms with Crippen molar-refractivity contribution in [3.63, 3.8) is 0 Å². The fraction of sp³-hybridized carbons (Fsp3) is 0.280. The number of carbonyl (C=O) groups is 1. The van der Waals surface area contributed by atoms with E-state index in [4.69, 9.17) is 0 Å². The van der Waals surface area contributed by atoms with Gasteiger partial charge in [0, 0.05) is 31.6 Å². The van der Waals surface area contributed by atoms with Crippen molar-refractivity contribution in [3.8, 4) is 0 Å². The maximum Gasteiger partial charge on any atom is 0.229 e. The Morgan fingerprint density at radius 1 is 1.08 bits per heavy atom. The first-order chi connectivity index (χ1) is 17.2. The summed E-state index contributed by atoms with van der Waals surface area (Å²) in [6.07, 6.45) is 4.03. The minimum absolute atomic E-state index is 0.0395. The Balaban J connectivity index is 1.55. The topological polar surface area (TPSA) is 122 Å². The summed E-state index contributed by atoms with van der Waals surface area (Å²) in [6, 6.07) is 16.7. The fourth-order valence-electron chi connectivity index (χ4n) is 3.81. The number of sulfone groups is 1. The van der Waals surface area contributed by atoms with Gasteiger partial charge in [0.1, 0.15) is 5.82 Å². The number of rotatable bonds is 10. The van der Waals surface area contributed by atoms with Crippen molar-refractivity contribution in [2.75, 3.05) is 28.8 Å². The van der Waals surface area contributed by atoms with Gasteiger partial charge in [0.2, 0.25) is 17.8 Å². The highest BCUT2D eigenvalue weighted by Crippen LogP contribution is 2.23. The van der Waals surface area contributed by atoms with E-state index < -0.39 is 9.84 Å². The lowest BCUT2D eigenvalue weighted by Crippen LogP contribution is -2.25. The van der Waals surface area contributed by atoms with Crippen LogP contribution in [0.4, 0.5) is 23.4 Å². The summed E-state index contributed by atoms with van der Waals surface area (Å²) in [7, 11) is -1.25. The third-order valence-corrected chi connectivity index (χ3v) is 6.24. The van der Waals surface area contributed by atoms with Crippen LogP contribution < -0.4 is 15.5 Å². The van der Waals surface area contributed by atoms with Crippen LogP contribution in [0.5, 0.6) is 0 Å². The number of hydrogen-bond donors (Lipinski definition) is 2. The molecule has 11 heteroatoms. The largest absolute Gasteiger partial charge is 0.341 e. The van der Waals surface area contributed by atoms with Crippen LogP contribution in [0.25, 0.3) is 11.0 Å². The van der Waals surface area contributed by atoms with Gasteiger partial charge in [-0.15, -0.1) is 0 Å². The van der Waals surface area contributed by atoms with Crippen LogP contribution in [0.3, 0.4) is 0 Å². The van der Waals surface area contributed by atoms with Gasteiger partial charge in [0.25, 0.3) is 0 Å². The summed E-state index contributed by atoms with van der Waals surface area (Å²) < 4.78 is 25.2. The molecule has 0 aliphatic carbocycles. The van der Waals surface area contributed by atoms with Gasteiger partial charge in [0.15, 0.2) is 9.84 Å². The van der Waals surface area contributed by atoms with Crippen molar-refractivity contribution in [1.82, 2.24) is 19.5 Å². The molecule has 1 amide bonds. The monoisotopic (exact) mass is 507 g/mol. The zero-order valence-corrected chi connectivity index (χ0v) is 21.3. The van der Waals surface area contributed by atoms with Crippen LogP contribution in [-0.4, -0.2) is 47.1 Å². The summed E-state index contributed by atoms with van der Waals surface area (Å²) >= 11 is 0. The Labute approximate surface area is 210 Å². The van der Waals surface area contributed by atoms with Crippen LogP contribution in [0, 0.1) is 0 Å². The first-order valence-electron chi connectivity index (χ1n) is 11.5. The summed E-state index contributed by atoms with van der Waals surface area (Å²) in [4.78, 5) is 27.7. The number of hydrogen-bond acceptors (Lipinski definition) is 8. The number of imidazole rings is 1. The zero-order valence-electron chi connectivity index (χ0n) is 20.5. The highest BCUT2D eigenvalue weighted by atomic mass is 32.2. The molecule has 36 heavy (non-hydrogen) atoms. The molecule has 0 atom stereocenters. The molecule has 0 aliphatic rings. The minimum atomic E-state index is -3.14. The molecule has 0 radical (unpaired) electrons. The van der Waals surface area contributed by atoms with Gasteiger partial charge in [0.05, 0.1) is 23.5 Å².